The number of hydrogen-bond acceptors (Lipinski definition) is 3. The van der Waals surface area contributed by atoms with E-state index in [4.69, 9.17) is 11.6 Å². The van der Waals surface area contributed by atoms with Crippen molar-refractivity contribution in [2.45, 2.75) is 39.2 Å². The van der Waals surface area contributed by atoms with E-state index in [-0.39, 0.29) is 17.4 Å². The molecule has 1 N–H and O–H groups in total. The Hall–Kier alpha value is -1.39. The lowest BCUT2D eigenvalue weighted by Crippen LogP contribution is -2.27. The molecule has 2 rings (SSSR count). The second-order valence-electron chi connectivity index (χ2n) is 6.02. The fourth-order valence-corrected chi connectivity index (χ4v) is 2.84. The minimum Gasteiger partial charge on any atom is -0.345 e. The van der Waals surface area contributed by atoms with Crippen molar-refractivity contribution in [3.63, 3.8) is 0 Å². The molecule has 0 aliphatic rings. The number of rotatable bonds is 3. The summed E-state index contributed by atoms with van der Waals surface area (Å²) in [5.74, 6) is -0.134. The van der Waals surface area contributed by atoms with Crippen molar-refractivity contribution in [3.05, 3.63) is 50.9 Å². The molecule has 0 saturated carbocycles. The number of nitrogens with zero attached hydrogens (tertiary/aromatic N) is 1. The number of amides is 1. The third kappa shape index (κ3) is 4.05. The van der Waals surface area contributed by atoms with Gasteiger partial charge in [-0.05, 0) is 30.5 Å². The summed E-state index contributed by atoms with van der Waals surface area (Å²) in [4.78, 5) is 17.8. The Morgan fingerprint density at radius 1 is 1.38 bits per heavy atom. The van der Waals surface area contributed by atoms with Crippen LogP contribution in [0.5, 0.6) is 0 Å². The lowest BCUT2D eigenvalue weighted by atomic mass is 9.91. The molecule has 2 aromatic heterocycles. The summed E-state index contributed by atoms with van der Waals surface area (Å²) >= 11 is 7.67. The van der Waals surface area contributed by atoms with Crippen molar-refractivity contribution in [1.82, 2.24) is 10.3 Å². The molecule has 0 radical (unpaired) electrons. The van der Waals surface area contributed by atoms with Gasteiger partial charge in [-0.3, -0.25) is 4.79 Å². The van der Waals surface area contributed by atoms with Gasteiger partial charge in [0.05, 0.1) is 6.04 Å². The maximum atomic E-state index is 12.4. The Morgan fingerprint density at radius 3 is 2.67 bits per heavy atom. The number of nitrogens with one attached hydrogen (secondary N) is 1. The summed E-state index contributed by atoms with van der Waals surface area (Å²) in [5.41, 5.74) is 1.20. The smallest absolute Gasteiger partial charge is 0.251 e. The van der Waals surface area contributed by atoms with E-state index in [1.54, 1.807) is 17.4 Å². The Balaban J connectivity index is 2.21. The van der Waals surface area contributed by atoms with Crippen molar-refractivity contribution in [2.75, 3.05) is 0 Å². The number of thiophene rings is 1. The predicted octanol–water partition coefficient (Wildman–Crippen LogP) is 4.59. The standard InChI is InChI=1S/C16H19ClN2OS/c1-10(12-6-5-7-21-12)18-15(20)11-8-13(16(2,3)4)19-14(17)9-11/h5-10H,1-4H3,(H,18,20). The summed E-state index contributed by atoms with van der Waals surface area (Å²) in [6.45, 7) is 8.10. The van der Waals surface area contributed by atoms with Gasteiger partial charge < -0.3 is 5.32 Å². The fraction of sp³-hybridized carbons (Fsp3) is 0.375. The molecule has 0 aliphatic heterocycles. The van der Waals surface area contributed by atoms with E-state index in [0.717, 1.165) is 10.6 Å². The minimum atomic E-state index is -0.153. The molecule has 2 heterocycles. The first-order valence-corrected chi connectivity index (χ1v) is 8.05. The van der Waals surface area contributed by atoms with E-state index in [9.17, 15) is 4.79 Å². The summed E-state index contributed by atoms with van der Waals surface area (Å²) in [6.07, 6.45) is 0. The van der Waals surface area contributed by atoms with Crippen LogP contribution in [0, 0.1) is 0 Å². The Bertz CT molecular complexity index is 632. The molecule has 0 bridgehead atoms. The van der Waals surface area contributed by atoms with Crippen LogP contribution >= 0.6 is 22.9 Å². The molecule has 3 nitrogen and oxygen atoms in total. The second-order valence-corrected chi connectivity index (χ2v) is 7.39. The molecule has 0 aliphatic carbocycles. The van der Waals surface area contributed by atoms with E-state index in [1.807, 2.05) is 51.3 Å². The highest BCUT2D eigenvalue weighted by Gasteiger charge is 2.20. The fourth-order valence-electron chi connectivity index (χ4n) is 1.90. The van der Waals surface area contributed by atoms with Gasteiger partial charge in [0, 0.05) is 21.5 Å². The quantitative estimate of drug-likeness (QED) is 0.840. The number of pyridine rings is 1. The van der Waals surface area contributed by atoms with Crippen LogP contribution in [-0.2, 0) is 5.41 Å². The molecule has 0 spiro atoms. The second kappa shape index (κ2) is 6.16. The van der Waals surface area contributed by atoms with E-state index in [2.05, 4.69) is 10.3 Å². The summed E-state index contributed by atoms with van der Waals surface area (Å²) in [6, 6.07) is 7.37. The molecular weight excluding hydrogens is 304 g/mol. The van der Waals surface area contributed by atoms with E-state index < -0.39 is 0 Å². The lowest BCUT2D eigenvalue weighted by Gasteiger charge is -2.19. The molecule has 1 unspecified atom stereocenters. The maximum absolute atomic E-state index is 12.4. The highest BCUT2D eigenvalue weighted by molar-refractivity contribution is 7.10. The normalized spacial score (nSPS) is 13.0. The van der Waals surface area contributed by atoms with Crippen LogP contribution in [0.1, 0.15) is 54.7 Å². The van der Waals surface area contributed by atoms with Gasteiger partial charge in [0.15, 0.2) is 0 Å². The van der Waals surface area contributed by atoms with Gasteiger partial charge in [-0.2, -0.15) is 0 Å². The van der Waals surface area contributed by atoms with Crippen LogP contribution in [0.4, 0.5) is 0 Å². The number of hydrogen-bond donors (Lipinski definition) is 1. The van der Waals surface area contributed by atoms with Gasteiger partial charge in [-0.1, -0.05) is 38.4 Å². The Kier molecular flexibility index (Phi) is 4.69. The van der Waals surface area contributed by atoms with Crippen molar-refractivity contribution in [1.29, 1.82) is 0 Å². The molecule has 0 fully saturated rings. The van der Waals surface area contributed by atoms with Gasteiger partial charge in [0.25, 0.3) is 5.91 Å². The third-order valence-electron chi connectivity index (χ3n) is 3.14. The molecule has 0 saturated heterocycles. The van der Waals surface area contributed by atoms with E-state index >= 15 is 0 Å². The molecule has 2 aromatic rings. The van der Waals surface area contributed by atoms with Gasteiger partial charge in [-0.15, -0.1) is 11.3 Å². The van der Waals surface area contributed by atoms with Gasteiger partial charge in [0.2, 0.25) is 0 Å². The van der Waals surface area contributed by atoms with Crippen LogP contribution < -0.4 is 5.32 Å². The maximum Gasteiger partial charge on any atom is 0.251 e. The molecule has 1 amide bonds. The molecule has 5 heteroatoms. The molecule has 21 heavy (non-hydrogen) atoms. The van der Waals surface area contributed by atoms with Crippen LogP contribution in [0.2, 0.25) is 5.15 Å². The van der Waals surface area contributed by atoms with Gasteiger partial charge in [0.1, 0.15) is 5.15 Å². The summed E-state index contributed by atoms with van der Waals surface area (Å²) in [5, 5.41) is 5.33. The van der Waals surface area contributed by atoms with Crippen molar-refractivity contribution < 1.29 is 4.79 Å². The number of halogens is 1. The zero-order valence-electron chi connectivity index (χ0n) is 12.6. The highest BCUT2D eigenvalue weighted by Crippen LogP contribution is 2.24. The zero-order valence-corrected chi connectivity index (χ0v) is 14.2. The minimum absolute atomic E-state index is 0.0254. The highest BCUT2D eigenvalue weighted by atomic mass is 35.5. The predicted molar refractivity (Wildman–Crippen MR) is 88.1 cm³/mol. The topological polar surface area (TPSA) is 42.0 Å². The number of carbonyl (C=O) groups is 1. The Morgan fingerprint density at radius 2 is 2.10 bits per heavy atom. The molecule has 0 aromatic carbocycles. The van der Waals surface area contributed by atoms with Crippen LogP contribution in [-0.4, -0.2) is 10.9 Å². The first-order valence-electron chi connectivity index (χ1n) is 6.79. The SMILES string of the molecule is CC(NC(=O)c1cc(Cl)nc(C(C)(C)C)c1)c1cccs1. The summed E-state index contributed by atoms with van der Waals surface area (Å²) in [7, 11) is 0. The average Bonchev–Trinajstić information content (AvgIpc) is 2.90. The zero-order chi connectivity index (χ0) is 15.6. The number of carbonyl (C=O) groups excluding carboxylic acids is 1. The molecule has 112 valence electrons. The molecular formula is C16H19ClN2OS. The largest absolute Gasteiger partial charge is 0.345 e. The first-order chi connectivity index (χ1) is 9.77. The monoisotopic (exact) mass is 322 g/mol. The Labute approximate surface area is 134 Å². The van der Waals surface area contributed by atoms with E-state index in [1.165, 1.54) is 0 Å². The first kappa shape index (κ1) is 16.0. The summed E-state index contributed by atoms with van der Waals surface area (Å²) < 4.78 is 0. The van der Waals surface area contributed by atoms with Crippen molar-refractivity contribution in [3.8, 4) is 0 Å². The number of aromatic nitrogens is 1. The lowest BCUT2D eigenvalue weighted by molar-refractivity contribution is 0.0940. The third-order valence-corrected chi connectivity index (χ3v) is 4.39. The van der Waals surface area contributed by atoms with Gasteiger partial charge >= 0.3 is 0 Å². The van der Waals surface area contributed by atoms with E-state index in [0.29, 0.717) is 10.7 Å². The van der Waals surface area contributed by atoms with Crippen LogP contribution in [0.15, 0.2) is 29.6 Å². The van der Waals surface area contributed by atoms with Crippen molar-refractivity contribution in [2.24, 2.45) is 0 Å². The average molecular weight is 323 g/mol. The van der Waals surface area contributed by atoms with Crippen LogP contribution in [0.25, 0.3) is 0 Å². The molecule has 1 atom stereocenters. The van der Waals surface area contributed by atoms with Crippen LogP contribution in [0.3, 0.4) is 0 Å². The van der Waals surface area contributed by atoms with Crippen molar-refractivity contribution >= 4 is 28.8 Å². The van der Waals surface area contributed by atoms with Gasteiger partial charge in [-0.25, -0.2) is 4.98 Å².